The summed E-state index contributed by atoms with van der Waals surface area (Å²) < 4.78 is 0. The van der Waals surface area contributed by atoms with Crippen LogP contribution in [0.2, 0.25) is 0 Å². The van der Waals surface area contributed by atoms with Crippen molar-refractivity contribution in [2.75, 3.05) is 0 Å². The van der Waals surface area contributed by atoms with Crippen LogP contribution in [0.4, 0.5) is 0 Å². The van der Waals surface area contributed by atoms with Crippen LogP contribution in [-0.2, 0) is 19.5 Å². The Hall–Kier alpha value is -1.18. The molecule has 0 unspecified atom stereocenters. The minimum Gasteiger partial charge on any atom is -0.192 e. The number of nitriles is 2. The standard InChI is InChI=1S/C8H4N2.Ru/c9-5-7-1-2-8(6-10)4-3-7;/h1-4H;. The van der Waals surface area contributed by atoms with Crippen LogP contribution in [0.3, 0.4) is 0 Å². The third kappa shape index (κ3) is 2.50. The van der Waals surface area contributed by atoms with Gasteiger partial charge < -0.3 is 0 Å². The van der Waals surface area contributed by atoms with E-state index in [4.69, 9.17) is 10.5 Å². The first kappa shape index (κ1) is 9.82. The van der Waals surface area contributed by atoms with Crippen LogP contribution in [0.5, 0.6) is 0 Å². The van der Waals surface area contributed by atoms with Gasteiger partial charge in [0.2, 0.25) is 0 Å². The Bertz CT molecular complexity index is 269. The summed E-state index contributed by atoms with van der Waals surface area (Å²) in [4.78, 5) is 0. The maximum atomic E-state index is 8.37. The molecule has 0 spiro atoms. The molecule has 0 aliphatic rings. The number of hydrogen-bond acceptors (Lipinski definition) is 2. The smallest absolute Gasteiger partial charge is 0.0991 e. The van der Waals surface area contributed by atoms with Crippen LogP contribution < -0.4 is 0 Å². The summed E-state index contributed by atoms with van der Waals surface area (Å²) >= 11 is 0. The Balaban J connectivity index is 0.000001000. The molecule has 11 heavy (non-hydrogen) atoms. The first-order valence-corrected chi connectivity index (χ1v) is 2.77. The van der Waals surface area contributed by atoms with E-state index in [-0.39, 0.29) is 19.5 Å². The van der Waals surface area contributed by atoms with Crippen molar-refractivity contribution in [1.29, 1.82) is 10.5 Å². The molecule has 1 aromatic carbocycles. The van der Waals surface area contributed by atoms with E-state index in [1.54, 1.807) is 24.3 Å². The van der Waals surface area contributed by atoms with Crippen molar-refractivity contribution in [3.05, 3.63) is 35.4 Å². The molecule has 0 saturated carbocycles. The van der Waals surface area contributed by atoms with Crippen molar-refractivity contribution in [3.8, 4) is 12.1 Å². The summed E-state index contributed by atoms with van der Waals surface area (Å²) in [5, 5.41) is 16.7. The quantitative estimate of drug-likeness (QED) is 0.632. The van der Waals surface area contributed by atoms with Crippen molar-refractivity contribution in [2.24, 2.45) is 0 Å². The maximum Gasteiger partial charge on any atom is 0.0991 e. The van der Waals surface area contributed by atoms with Crippen molar-refractivity contribution in [1.82, 2.24) is 0 Å². The summed E-state index contributed by atoms with van der Waals surface area (Å²) in [6.07, 6.45) is 0. The summed E-state index contributed by atoms with van der Waals surface area (Å²) in [6, 6.07) is 10.4. The first-order chi connectivity index (χ1) is 4.86. The average Bonchev–Trinajstić information content (AvgIpc) is 2.05. The Morgan fingerprint density at radius 2 is 1.09 bits per heavy atom. The molecule has 0 bridgehead atoms. The molecule has 0 saturated heterocycles. The molecular formula is C8H4N2Ru. The van der Waals surface area contributed by atoms with Gasteiger partial charge in [0.25, 0.3) is 0 Å². The predicted molar refractivity (Wildman–Crippen MR) is 35.9 cm³/mol. The van der Waals surface area contributed by atoms with Crippen molar-refractivity contribution in [3.63, 3.8) is 0 Å². The van der Waals surface area contributed by atoms with Crippen LogP contribution in [0.25, 0.3) is 0 Å². The van der Waals surface area contributed by atoms with Gasteiger partial charge in [-0.05, 0) is 24.3 Å². The molecule has 0 aliphatic heterocycles. The molecule has 54 valence electrons. The number of rotatable bonds is 0. The van der Waals surface area contributed by atoms with Crippen LogP contribution in [0.15, 0.2) is 24.3 Å². The number of benzene rings is 1. The van der Waals surface area contributed by atoms with Gasteiger partial charge in [0, 0.05) is 19.5 Å². The van der Waals surface area contributed by atoms with Gasteiger partial charge in [0.05, 0.1) is 23.3 Å². The Morgan fingerprint density at radius 3 is 1.27 bits per heavy atom. The first-order valence-electron chi connectivity index (χ1n) is 2.77. The topological polar surface area (TPSA) is 47.6 Å². The van der Waals surface area contributed by atoms with Crippen molar-refractivity contribution < 1.29 is 19.5 Å². The van der Waals surface area contributed by atoms with Crippen LogP contribution in [0.1, 0.15) is 11.1 Å². The van der Waals surface area contributed by atoms with Gasteiger partial charge in [-0.15, -0.1) is 0 Å². The van der Waals surface area contributed by atoms with Crippen molar-refractivity contribution >= 4 is 0 Å². The van der Waals surface area contributed by atoms with E-state index in [1.807, 2.05) is 12.1 Å². The van der Waals surface area contributed by atoms with E-state index in [2.05, 4.69) is 0 Å². The van der Waals surface area contributed by atoms with E-state index in [0.29, 0.717) is 11.1 Å². The van der Waals surface area contributed by atoms with Crippen LogP contribution in [-0.4, -0.2) is 0 Å². The molecule has 1 rings (SSSR count). The van der Waals surface area contributed by atoms with E-state index in [1.165, 1.54) is 0 Å². The molecule has 0 aromatic heterocycles. The second-order valence-corrected chi connectivity index (χ2v) is 1.80. The van der Waals surface area contributed by atoms with E-state index in [9.17, 15) is 0 Å². The Labute approximate surface area is 77.8 Å². The van der Waals surface area contributed by atoms with Gasteiger partial charge in [-0.25, -0.2) is 0 Å². The van der Waals surface area contributed by atoms with Gasteiger partial charge in [-0.1, -0.05) is 0 Å². The van der Waals surface area contributed by atoms with E-state index >= 15 is 0 Å². The zero-order valence-corrected chi connectivity index (χ0v) is 7.30. The third-order valence-corrected chi connectivity index (χ3v) is 1.14. The average molecular weight is 229 g/mol. The van der Waals surface area contributed by atoms with Gasteiger partial charge in [-0.3, -0.25) is 0 Å². The Morgan fingerprint density at radius 1 is 0.818 bits per heavy atom. The molecule has 1 aromatic rings. The van der Waals surface area contributed by atoms with Crippen molar-refractivity contribution in [2.45, 2.75) is 0 Å². The molecule has 2 nitrogen and oxygen atoms in total. The zero-order valence-electron chi connectivity index (χ0n) is 5.56. The van der Waals surface area contributed by atoms with Gasteiger partial charge in [0.1, 0.15) is 0 Å². The molecule has 0 N–H and O–H groups in total. The molecular weight excluding hydrogens is 225 g/mol. The number of hydrogen-bond donors (Lipinski definition) is 0. The fourth-order valence-corrected chi connectivity index (χ4v) is 0.619. The second kappa shape index (κ2) is 4.61. The predicted octanol–water partition coefficient (Wildman–Crippen LogP) is 1.43. The SMILES string of the molecule is N#Cc1ccc(C#N)cc1.[Ru]. The van der Waals surface area contributed by atoms with Gasteiger partial charge >= 0.3 is 0 Å². The van der Waals surface area contributed by atoms with E-state index < -0.39 is 0 Å². The third-order valence-electron chi connectivity index (χ3n) is 1.14. The summed E-state index contributed by atoms with van der Waals surface area (Å²) in [6.45, 7) is 0. The molecule has 0 fully saturated rings. The minimum atomic E-state index is 0. The fourth-order valence-electron chi connectivity index (χ4n) is 0.619. The molecule has 3 heteroatoms. The van der Waals surface area contributed by atoms with Crippen LogP contribution >= 0.6 is 0 Å². The normalized spacial score (nSPS) is 7.09. The second-order valence-electron chi connectivity index (χ2n) is 1.80. The maximum absolute atomic E-state index is 8.37. The summed E-state index contributed by atoms with van der Waals surface area (Å²) in [5.74, 6) is 0. The zero-order chi connectivity index (χ0) is 7.40. The van der Waals surface area contributed by atoms with Gasteiger partial charge in [-0.2, -0.15) is 10.5 Å². The number of nitrogens with zero attached hydrogens (tertiary/aromatic N) is 2. The summed E-state index contributed by atoms with van der Waals surface area (Å²) in [7, 11) is 0. The monoisotopic (exact) mass is 230 g/mol. The molecule has 0 atom stereocenters. The molecule has 0 aliphatic carbocycles. The molecule has 0 amide bonds. The molecule has 0 heterocycles. The molecule has 0 radical (unpaired) electrons. The van der Waals surface area contributed by atoms with E-state index in [0.717, 1.165) is 0 Å². The summed E-state index contributed by atoms with van der Waals surface area (Å²) in [5.41, 5.74) is 1.16. The largest absolute Gasteiger partial charge is 0.192 e. The minimum absolute atomic E-state index is 0. The van der Waals surface area contributed by atoms with Crippen LogP contribution in [0, 0.1) is 22.7 Å². The fraction of sp³-hybridized carbons (Fsp3) is 0. The Kier molecular flexibility index (Phi) is 4.12. The van der Waals surface area contributed by atoms with Gasteiger partial charge in [0.15, 0.2) is 0 Å².